The smallest absolute Gasteiger partial charge is 0.138 e. The molecule has 0 fully saturated rings. The fourth-order valence-electron chi connectivity index (χ4n) is 1.88. The Labute approximate surface area is 105 Å². The van der Waals surface area contributed by atoms with Gasteiger partial charge >= 0.3 is 0 Å². The molecular formula is C14H16N2O2. The van der Waals surface area contributed by atoms with E-state index in [0.717, 1.165) is 11.1 Å². The average molecular weight is 244 g/mol. The van der Waals surface area contributed by atoms with Gasteiger partial charge in [0.15, 0.2) is 0 Å². The van der Waals surface area contributed by atoms with Gasteiger partial charge in [0, 0.05) is 5.92 Å². The van der Waals surface area contributed by atoms with E-state index in [1.165, 1.54) is 0 Å². The van der Waals surface area contributed by atoms with Gasteiger partial charge in [-0.2, -0.15) is 0 Å². The molecule has 0 aliphatic carbocycles. The number of nitrogen functional groups attached to an aromatic ring is 2. The highest BCUT2D eigenvalue weighted by Gasteiger charge is 2.11. The number of phenolic OH excluding ortho intramolecular Hbond substituents is 2. The zero-order valence-corrected chi connectivity index (χ0v) is 10.1. The Bertz CT molecular complexity index is 531. The van der Waals surface area contributed by atoms with Gasteiger partial charge in [0.2, 0.25) is 0 Å². The summed E-state index contributed by atoms with van der Waals surface area (Å²) in [5.41, 5.74) is 14.0. The molecule has 6 N–H and O–H groups in total. The van der Waals surface area contributed by atoms with E-state index in [4.69, 9.17) is 11.5 Å². The summed E-state index contributed by atoms with van der Waals surface area (Å²) in [5.74, 6) is 0.239. The first kappa shape index (κ1) is 12.1. The summed E-state index contributed by atoms with van der Waals surface area (Å²) in [6.45, 7) is 2.01. The Morgan fingerprint density at radius 3 is 1.56 bits per heavy atom. The first-order chi connectivity index (χ1) is 8.49. The second kappa shape index (κ2) is 4.49. The molecule has 0 radical (unpaired) electrons. The first-order valence-electron chi connectivity index (χ1n) is 5.66. The lowest BCUT2D eigenvalue weighted by Gasteiger charge is -2.14. The molecule has 94 valence electrons. The summed E-state index contributed by atoms with van der Waals surface area (Å²) in [7, 11) is 0. The molecule has 2 rings (SSSR count). The summed E-state index contributed by atoms with van der Waals surface area (Å²) >= 11 is 0. The van der Waals surface area contributed by atoms with Gasteiger partial charge in [0.05, 0.1) is 11.4 Å². The van der Waals surface area contributed by atoms with Crippen LogP contribution in [0.1, 0.15) is 24.0 Å². The van der Waals surface area contributed by atoms with Crippen LogP contribution in [0.4, 0.5) is 11.4 Å². The van der Waals surface area contributed by atoms with Gasteiger partial charge in [-0.1, -0.05) is 19.1 Å². The van der Waals surface area contributed by atoms with E-state index >= 15 is 0 Å². The average Bonchev–Trinajstić information content (AvgIpc) is 2.35. The fourth-order valence-corrected chi connectivity index (χ4v) is 1.88. The van der Waals surface area contributed by atoms with E-state index in [1.54, 1.807) is 24.3 Å². The zero-order chi connectivity index (χ0) is 13.3. The summed E-state index contributed by atoms with van der Waals surface area (Å²) in [5, 5.41) is 18.8. The molecule has 0 aliphatic rings. The van der Waals surface area contributed by atoms with Crippen molar-refractivity contribution in [2.24, 2.45) is 0 Å². The van der Waals surface area contributed by atoms with Crippen molar-refractivity contribution in [2.45, 2.75) is 12.8 Å². The summed E-state index contributed by atoms with van der Waals surface area (Å²) < 4.78 is 0. The number of benzene rings is 2. The van der Waals surface area contributed by atoms with Crippen LogP contribution in [0, 0.1) is 0 Å². The topological polar surface area (TPSA) is 92.5 Å². The third-order valence-corrected chi connectivity index (χ3v) is 3.10. The maximum absolute atomic E-state index is 9.40. The molecule has 0 aliphatic heterocycles. The van der Waals surface area contributed by atoms with Crippen LogP contribution in [-0.2, 0) is 0 Å². The van der Waals surface area contributed by atoms with E-state index in [2.05, 4.69) is 0 Å². The van der Waals surface area contributed by atoms with Gasteiger partial charge in [-0.05, 0) is 35.4 Å². The molecule has 18 heavy (non-hydrogen) atoms. The van der Waals surface area contributed by atoms with Gasteiger partial charge in [0.1, 0.15) is 11.5 Å². The fraction of sp³-hybridized carbons (Fsp3) is 0.143. The monoisotopic (exact) mass is 244 g/mol. The number of nitrogens with two attached hydrogens (primary N) is 2. The molecule has 0 aromatic heterocycles. The Morgan fingerprint density at radius 2 is 1.22 bits per heavy atom. The second-order valence-corrected chi connectivity index (χ2v) is 4.36. The molecule has 2 aromatic rings. The SMILES string of the molecule is CC(c1ccc(O)c(N)c1)c1ccc(O)c(N)c1. The van der Waals surface area contributed by atoms with Crippen molar-refractivity contribution < 1.29 is 10.2 Å². The van der Waals surface area contributed by atoms with Crippen LogP contribution < -0.4 is 11.5 Å². The van der Waals surface area contributed by atoms with E-state index in [-0.39, 0.29) is 17.4 Å². The van der Waals surface area contributed by atoms with Crippen LogP contribution in [0.3, 0.4) is 0 Å². The highest BCUT2D eigenvalue weighted by Crippen LogP contribution is 2.32. The number of phenols is 2. The summed E-state index contributed by atoms with van der Waals surface area (Å²) in [6.07, 6.45) is 0. The van der Waals surface area contributed by atoms with E-state index in [9.17, 15) is 10.2 Å². The maximum atomic E-state index is 9.40. The largest absolute Gasteiger partial charge is 0.506 e. The molecule has 0 saturated carbocycles. The number of hydrogen-bond acceptors (Lipinski definition) is 4. The van der Waals surface area contributed by atoms with Gasteiger partial charge in [-0.25, -0.2) is 0 Å². The second-order valence-electron chi connectivity index (χ2n) is 4.36. The van der Waals surface area contributed by atoms with E-state index in [0.29, 0.717) is 11.4 Å². The van der Waals surface area contributed by atoms with Crippen molar-refractivity contribution in [3.05, 3.63) is 47.5 Å². The molecule has 0 spiro atoms. The Hall–Kier alpha value is -2.36. The van der Waals surface area contributed by atoms with Crippen molar-refractivity contribution in [2.75, 3.05) is 11.5 Å². The summed E-state index contributed by atoms with van der Waals surface area (Å²) in [4.78, 5) is 0. The Kier molecular flexibility index (Phi) is 3.02. The Balaban J connectivity index is 2.37. The molecule has 0 unspecified atom stereocenters. The van der Waals surface area contributed by atoms with Crippen molar-refractivity contribution in [3.63, 3.8) is 0 Å². The molecule has 0 atom stereocenters. The molecule has 4 heteroatoms. The number of anilines is 2. The van der Waals surface area contributed by atoms with Crippen molar-refractivity contribution >= 4 is 11.4 Å². The third-order valence-electron chi connectivity index (χ3n) is 3.10. The van der Waals surface area contributed by atoms with Crippen LogP contribution >= 0.6 is 0 Å². The minimum Gasteiger partial charge on any atom is -0.506 e. The quantitative estimate of drug-likeness (QED) is 0.482. The van der Waals surface area contributed by atoms with E-state index < -0.39 is 0 Å². The zero-order valence-electron chi connectivity index (χ0n) is 10.1. The molecule has 0 amide bonds. The lowest BCUT2D eigenvalue weighted by atomic mass is 9.92. The molecular weight excluding hydrogens is 228 g/mol. The van der Waals surface area contributed by atoms with E-state index in [1.807, 2.05) is 19.1 Å². The third kappa shape index (κ3) is 2.18. The molecule has 0 bridgehead atoms. The molecule has 2 aromatic carbocycles. The lowest BCUT2D eigenvalue weighted by Crippen LogP contribution is -1.99. The van der Waals surface area contributed by atoms with Gasteiger partial charge in [-0.15, -0.1) is 0 Å². The van der Waals surface area contributed by atoms with Crippen molar-refractivity contribution in [3.8, 4) is 11.5 Å². The van der Waals surface area contributed by atoms with Crippen LogP contribution in [0.5, 0.6) is 11.5 Å². The molecule has 4 nitrogen and oxygen atoms in total. The van der Waals surface area contributed by atoms with Crippen LogP contribution in [-0.4, -0.2) is 10.2 Å². The van der Waals surface area contributed by atoms with Crippen molar-refractivity contribution in [1.82, 2.24) is 0 Å². The lowest BCUT2D eigenvalue weighted by molar-refractivity contribution is 0.477. The Morgan fingerprint density at radius 1 is 0.833 bits per heavy atom. The predicted molar refractivity (Wildman–Crippen MR) is 72.6 cm³/mol. The predicted octanol–water partition coefficient (Wildman–Crippen LogP) is 2.41. The minimum atomic E-state index is 0.0794. The standard InChI is InChI=1S/C14H16N2O2/c1-8(9-2-4-13(17)11(15)6-9)10-3-5-14(18)12(16)7-10/h2-8,17-18H,15-16H2,1H3. The number of aromatic hydroxyl groups is 2. The molecule has 0 heterocycles. The number of rotatable bonds is 2. The van der Waals surface area contributed by atoms with Crippen molar-refractivity contribution in [1.29, 1.82) is 0 Å². The van der Waals surface area contributed by atoms with Crippen LogP contribution in [0.25, 0.3) is 0 Å². The van der Waals surface area contributed by atoms with Gasteiger partial charge < -0.3 is 21.7 Å². The minimum absolute atomic E-state index is 0.0794. The van der Waals surface area contributed by atoms with Gasteiger partial charge in [-0.3, -0.25) is 0 Å². The highest BCUT2D eigenvalue weighted by molar-refractivity contribution is 5.57. The van der Waals surface area contributed by atoms with Crippen LogP contribution in [0.2, 0.25) is 0 Å². The maximum Gasteiger partial charge on any atom is 0.138 e. The molecule has 0 saturated heterocycles. The normalized spacial score (nSPS) is 10.8. The number of hydrogen-bond donors (Lipinski definition) is 4. The first-order valence-corrected chi connectivity index (χ1v) is 5.66. The van der Waals surface area contributed by atoms with Crippen LogP contribution in [0.15, 0.2) is 36.4 Å². The van der Waals surface area contributed by atoms with Gasteiger partial charge in [0.25, 0.3) is 0 Å². The summed E-state index contributed by atoms with van der Waals surface area (Å²) in [6, 6.07) is 10.3. The highest BCUT2D eigenvalue weighted by atomic mass is 16.3.